The van der Waals surface area contributed by atoms with Crippen LogP contribution in [-0.4, -0.2) is 40.8 Å². The highest BCUT2D eigenvalue weighted by Gasteiger charge is 2.33. The molecular weight excluding hydrogens is 168 g/mol. The Hall–Kier alpha value is -0.770. The maximum atomic E-state index is 11.1. The molecule has 62 valence electrons. The second kappa shape index (κ2) is 3.09. The van der Waals surface area contributed by atoms with E-state index in [4.69, 9.17) is 11.6 Å². The molecule has 0 bridgehead atoms. The molecule has 3 amide bonds. The van der Waals surface area contributed by atoms with E-state index in [0.29, 0.717) is 6.54 Å². The van der Waals surface area contributed by atoms with Crippen molar-refractivity contribution in [3.63, 3.8) is 0 Å². The number of alkyl halides is 1. The molecule has 1 aliphatic heterocycles. The number of halogens is 1. The summed E-state index contributed by atoms with van der Waals surface area (Å²) in [5.41, 5.74) is 0. The van der Waals surface area contributed by atoms with Crippen LogP contribution in [0.5, 0.6) is 0 Å². The lowest BCUT2D eigenvalue weighted by Crippen LogP contribution is -2.31. The van der Waals surface area contributed by atoms with Crippen LogP contribution in [0, 0.1) is 0 Å². The number of amides is 3. The second-order valence-corrected chi connectivity index (χ2v) is 2.48. The van der Waals surface area contributed by atoms with Gasteiger partial charge in [-0.1, -0.05) is 0 Å². The molecule has 5 heteroatoms. The molecule has 0 aromatic heterocycles. The van der Waals surface area contributed by atoms with Crippen molar-refractivity contribution in [2.75, 3.05) is 19.1 Å². The average molecular weight is 177 g/mol. The molecule has 0 atom stereocenters. The van der Waals surface area contributed by atoms with Crippen molar-refractivity contribution in [3.05, 3.63) is 0 Å². The lowest BCUT2D eigenvalue weighted by molar-refractivity contribution is -0.124. The minimum absolute atomic E-state index is 0.0475. The van der Waals surface area contributed by atoms with Crippen molar-refractivity contribution in [3.8, 4) is 0 Å². The molecule has 4 nitrogen and oxygen atoms in total. The van der Waals surface area contributed by atoms with Gasteiger partial charge in [-0.2, -0.15) is 0 Å². The highest BCUT2D eigenvalue weighted by Crippen LogP contribution is 2.09. The molecule has 0 N–H and O–H groups in total. The van der Waals surface area contributed by atoms with Gasteiger partial charge in [0.05, 0.1) is 0 Å². The summed E-state index contributed by atoms with van der Waals surface area (Å²) in [5, 5.41) is 0. The van der Waals surface area contributed by atoms with Crippen molar-refractivity contribution in [1.82, 2.24) is 9.80 Å². The number of carbonyl (C=O) groups is 2. The van der Waals surface area contributed by atoms with Crippen LogP contribution < -0.4 is 0 Å². The van der Waals surface area contributed by atoms with Gasteiger partial charge in [0.15, 0.2) is 0 Å². The molecule has 1 fully saturated rings. The van der Waals surface area contributed by atoms with E-state index < -0.39 is 0 Å². The van der Waals surface area contributed by atoms with Gasteiger partial charge >= 0.3 is 6.03 Å². The molecule has 11 heavy (non-hydrogen) atoms. The minimum Gasteiger partial charge on any atom is -0.315 e. The predicted molar refractivity (Wildman–Crippen MR) is 40.2 cm³/mol. The van der Waals surface area contributed by atoms with Crippen LogP contribution in [0.15, 0.2) is 0 Å². The predicted octanol–water partition coefficient (Wildman–Crippen LogP) is 0.467. The van der Waals surface area contributed by atoms with E-state index in [0.717, 1.165) is 4.90 Å². The van der Waals surface area contributed by atoms with Crippen LogP contribution in [-0.2, 0) is 4.79 Å². The summed E-state index contributed by atoms with van der Waals surface area (Å²) in [6, 6.07) is -0.332. The van der Waals surface area contributed by atoms with Gasteiger partial charge in [0, 0.05) is 6.54 Å². The van der Waals surface area contributed by atoms with E-state index in [1.54, 1.807) is 0 Å². The number of likely N-dealkylation sites (N-methyl/N-ethyl adjacent to an activating group) is 1. The summed E-state index contributed by atoms with van der Waals surface area (Å²) in [6.45, 7) is 2.54. The fourth-order valence-corrected chi connectivity index (χ4v) is 1.19. The van der Waals surface area contributed by atoms with Gasteiger partial charge in [0.2, 0.25) is 0 Å². The molecule has 0 aliphatic carbocycles. The van der Waals surface area contributed by atoms with Crippen molar-refractivity contribution in [2.45, 2.75) is 6.92 Å². The third kappa shape index (κ3) is 1.30. The third-order valence-electron chi connectivity index (χ3n) is 1.63. The maximum Gasteiger partial charge on any atom is 0.328 e. The molecule has 0 aromatic rings. The smallest absolute Gasteiger partial charge is 0.315 e. The van der Waals surface area contributed by atoms with Crippen LogP contribution in [0.4, 0.5) is 4.79 Å². The summed E-state index contributed by atoms with van der Waals surface area (Å²) in [4.78, 5) is 24.6. The van der Waals surface area contributed by atoms with Gasteiger partial charge in [-0.05, 0) is 6.92 Å². The lowest BCUT2D eigenvalue weighted by atomic mass is 10.5. The van der Waals surface area contributed by atoms with Gasteiger partial charge in [0.25, 0.3) is 5.91 Å². The van der Waals surface area contributed by atoms with Crippen molar-refractivity contribution in [2.24, 2.45) is 0 Å². The van der Waals surface area contributed by atoms with Crippen LogP contribution in [0.2, 0.25) is 0 Å². The highest BCUT2D eigenvalue weighted by molar-refractivity contribution is 6.21. The number of hydrogen-bond acceptors (Lipinski definition) is 2. The van der Waals surface area contributed by atoms with Gasteiger partial charge in [0.1, 0.15) is 12.5 Å². The molecule has 0 spiro atoms. The van der Waals surface area contributed by atoms with Gasteiger partial charge in [-0.25, -0.2) is 9.69 Å². The largest absolute Gasteiger partial charge is 0.328 e. The average Bonchev–Trinajstić information content (AvgIpc) is 2.26. The first-order valence-corrected chi connectivity index (χ1v) is 3.89. The standard InChI is InChI=1S/C6H9ClN2O2/c1-2-8-3-5(10)9(4-7)6(8)11/h2-4H2,1H3. The number of urea groups is 1. The highest BCUT2D eigenvalue weighted by atomic mass is 35.5. The SMILES string of the molecule is CCN1CC(=O)N(CCl)C1=O. The first-order chi connectivity index (χ1) is 5.20. The first-order valence-electron chi connectivity index (χ1n) is 3.36. The molecular formula is C6H9ClN2O2. The number of hydrogen-bond donors (Lipinski definition) is 0. The molecule has 0 saturated carbocycles. The summed E-state index contributed by atoms with van der Waals surface area (Å²) in [6.07, 6.45) is 0. The molecule has 1 heterocycles. The van der Waals surface area contributed by atoms with E-state index >= 15 is 0 Å². The Bertz CT molecular complexity index is 195. The first kappa shape index (κ1) is 8.33. The summed E-state index contributed by atoms with van der Waals surface area (Å²) < 4.78 is 0. The van der Waals surface area contributed by atoms with Crippen molar-refractivity contribution >= 4 is 23.5 Å². The van der Waals surface area contributed by atoms with Crippen LogP contribution in [0.25, 0.3) is 0 Å². The topological polar surface area (TPSA) is 40.6 Å². The second-order valence-electron chi connectivity index (χ2n) is 2.24. The molecule has 1 rings (SSSR count). The zero-order valence-corrected chi connectivity index (χ0v) is 6.97. The Morgan fingerprint density at radius 2 is 2.18 bits per heavy atom. The summed E-state index contributed by atoms with van der Waals surface area (Å²) in [7, 11) is 0. The summed E-state index contributed by atoms with van der Waals surface area (Å²) >= 11 is 5.38. The van der Waals surface area contributed by atoms with E-state index in [2.05, 4.69) is 0 Å². The number of carbonyl (C=O) groups excluding carboxylic acids is 2. The number of nitrogens with zero attached hydrogens (tertiary/aromatic N) is 2. The molecule has 1 aliphatic rings. The fraction of sp³-hybridized carbons (Fsp3) is 0.667. The van der Waals surface area contributed by atoms with Gasteiger partial charge < -0.3 is 4.90 Å². The molecule has 0 unspecified atom stereocenters. The number of imide groups is 1. The monoisotopic (exact) mass is 176 g/mol. The van der Waals surface area contributed by atoms with E-state index in [9.17, 15) is 9.59 Å². The normalized spacial score (nSPS) is 18.4. The molecule has 0 aromatic carbocycles. The Morgan fingerprint density at radius 3 is 2.45 bits per heavy atom. The van der Waals surface area contributed by atoms with Crippen LogP contribution >= 0.6 is 11.6 Å². The van der Waals surface area contributed by atoms with Crippen LogP contribution in [0.1, 0.15) is 6.92 Å². The van der Waals surface area contributed by atoms with Gasteiger partial charge in [-0.3, -0.25) is 4.79 Å². The van der Waals surface area contributed by atoms with E-state index in [1.807, 2.05) is 6.92 Å². The fourth-order valence-electron chi connectivity index (χ4n) is 0.958. The van der Waals surface area contributed by atoms with Crippen molar-refractivity contribution < 1.29 is 9.59 Å². The quantitative estimate of drug-likeness (QED) is 0.349. The lowest BCUT2D eigenvalue weighted by Gasteiger charge is -2.11. The Balaban J connectivity index is 2.71. The summed E-state index contributed by atoms with van der Waals surface area (Å²) in [5.74, 6) is -0.216. The Kier molecular flexibility index (Phi) is 2.34. The van der Waals surface area contributed by atoms with E-state index in [1.165, 1.54) is 4.90 Å². The van der Waals surface area contributed by atoms with Crippen molar-refractivity contribution in [1.29, 1.82) is 0 Å². The van der Waals surface area contributed by atoms with Crippen LogP contribution in [0.3, 0.4) is 0 Å². The maximum absolute atomic E-state index is 11.1. The van der Waals surface area contributed by atoms with Gasteiger partial charge in [-0.15, -0.1) is 11.6 Å². The Morgan fingerprint density at radius 1 is 1.55 bits per heavy atom. The number of rotatable bonds is 2. The zero-order chi connectivity index (χ0) is 8.43. The zero-order valence-electron chi connectivity index (χ0n) is 6.21. The molecule has 0 radical (unpaired) electrons. The Labute approximate surface area is 69.7 Å². The van der Waals surface area contributed by atoms with E-state index in [-0.39, 0.29) is 24.5 Å². The third-order valence-corrected chi connectivity index (χ3v) is 1.87. The minimum atomic E-state index is -0.285. The molecule has 1 saturated heterocycles.